The summed E-state index contributed by atoms with van der Waals surface area (Å²) in [6, 6.07) is 20.1. The first-order valence-corrected chi connectivity index (χ1v) is 8.01. The van der Waals surface area contributed by atoms with Gasteiger partial charge in [0.25, 0.3) is 0 Å². The highest BCUT2D eigenvalue weighted by Crippen LogP contribution is 2.25. The van der Waals surface area contributed by atoms with Crippen molar-refractivity contribution in [3.8, 4) is 5.75 Å². The molecule has 26 heavy (non-hydrogen) atoms. The van der Waals surface area contributed by atoms with E-state index in [0.29, 0.717) is 5.56 Å². The molecule has 0 atom stereocenters. The number of amides is 2. The molecular formula is C20H17N3O3. The van der Waals surface area contributed by atoms with E-state index in [1.54, 1.807) is 12.1 Å². The highest BCUT2D eigenvalue weighted by Gasteiger charge is 2.12. The summed E-state index contributed by atoms with van der Waals surface area (Å²) in [6.45, 7) is 0.251. The number of nitrogens with zero attached hydrogens (tertiary/aromatic N) is 1. The maximum Gasteiger partial charge on any atom is 0.329 e. The number of carbonyl (C=O) groups is 2. The Hall–Kier alpha value is -3.67. The van der Waals surface area contributed by atoms with Crippen LogP contribution in [0.2, 0.25) is 0 Å². The van der Waals surface area contributed by atoms with Crippen molar-refractivity contribution in [2.24, 2.45) is 5.10 Å². The summed E-state index contributed by atoms with van der Waals surface area (Å²) in [5.74, 6) is -1.62. The van der Waals surface area contributed by atoms with E-state index in [0.717, 1.165) is 16.3 Å². The van der Waals surface area contributed by atoms with Crippen LogP contribution in [-0.2, 0) is 16.1 Å². The lowest BCUT2D eigenvalue weighted by Crippen LogP contribution is -2.37. The third-order valence-electron chi connectivity index (χ3n) is 3.81. The van der Waals surface area contributed by atoms with Crippen LogP contribution in [0.25, 0.3) is 10.8 Å². The van der Waals surface area contributed by atoms with Crippen molar-refractivity contribution in [1.29, 1.82) is 0 Å². The quantitative estimate of drug-likeness (QED) is 0.384. The maximum absolute atomic E-state index is 11.8. The molecule has 0 fully saturated rings. The smallest absolute Gasteiger partial charge is 0.329 e. The number of aromatic hydroxyl groups is 1. The zero-order valence-electron chi connectivity index (χ0n) is 13.8. The Morgan fingerprint density at radius 3 is 2.46 bits per heavy atom. The number of benzene rings is 3. The second-order valence-electron chi connectivity index (χ2n) is 5.59. The summed E-state index contributed by atoms with van der Waals surface area (Å²) in [7, 11) is 0. The van der Waals surface area contributed by atoms with Crippen LogP contribution in [0.15, 0.2) is 71.8 Å². The SMILES string of the molecule is O=C(NCc1ccccc1)C(=O)N/N=C\c1c(O)ccc2ccccc12. The van der Waals surface area contributed by atoms with Crippen molar-refractivity contribution < 1.29 is 14.7 Å². The number of hydrogen-bond donors (Lipinski definition) is 3. The van der Waals surface area contributed by atoms with Crippen molar-refractivity contribution in [3.05, 3.63) is 77.9 Å². The van der Waals surface area contributed by atoms with E-state index in [2.05, 4.69) is 15.8 Å². The Labute approximate surface area is 150 Å². The second-order valence-corrected chi connectivity index (χ2v) is 5.59. The molecule has 0 saturated carbocycles. The van der Waals surface area contributed by atoms with Crippen LogP contribution < -0.4 is 10.7 Å². The number of hydrazone groups is 1. The number of carbonyl (C=O) groups excluding carboxylic acids is 2. The average Bonchev–Trinajstić information content (AvgIpc) is 2.68. The van der Waals surface area contributed by atoms with Gasteiger partial charge in [-0.15, -0.1) is 0 Å². The molecule has 0 heterocycles. The van der Waals surface area contributed by atoms with Crippen LogP contribution in [-0.4, -0.2) is 23.1 Å². The van der Waals surface area contributed by atoms with Crippen LogP contribution in [0.1, 0.15) is 11.1 Å². The first-order chi connectivity index (χ1) is 12.6. The summed E-state index contributed by atoms with van der Waals surface area (Å²) in [6.07, 6.45) is 1.32. The average molecular weight is 347 g/mol. The molecule has 0 aliphatic carbocycles. The first kappa shape index (κ1) is 17.2. The number of rotatable bonds is 4. The van der Waals surface area contributed by atoms with Crippen LogP contribution in [0.5, 0.6) is 5.75 Å². The lowest BCUT2D eigenvalue weighted by Gasteiger charge is -2.05. The minimum Gasteiger partial charge on any atom is -0.507 e. The van der Waals surface area contributed by atoms with Crippen molar-refractivity contribution in [2.45, 2.75) is 6.54 Å². The fourth-order valence-electron chi connectivity index (χ4n) is 2.48. The number of hydrogen-bond acceptors (Lipinski definition) is 4. The largest absolute Gasteiger partial charge is 0.507 e. The predicted octanol–water partition coefficient (Wildman–Crippen LogP) is 2.31. The Balaban J connectivity index is 1.62. The lowest BCUT2D eigenvalue weighted by molar-refractivity contribution is -0.139. The third kappa shape index (κ3) is 4.05. The van der Waals surface area contributed by atoms with Gasteiger partial charge in [-0.1, -0.05) is 60.7 Å². The topological polar surface area (TPSA) is 90.8 Å². The van der Waals surface area contributed by atoms with Crippen molar-refractivity contribution in [2.75, 3.05) is 0 Å². The zero-order chi connectivity index (χ0) is 18.4. The molecule has 6 heteroatoms. The molecule has 0 unspecified atom stereocenters. The molecule has 3 aromatic rings. The number of phenols is 1. The molecule has 2 amide bonds. The Morgan fingerprint density at radius 2 is 1.65 bits per heavy atom. The molecule has 0 aromatic heterocycles. The van der Waals surface area contributed by atoms with Gasteiger partial charge in [0.05, 0.1) is 6.21 Å². The highest BCUT2D eigenvalue weighted by atomic mass is 16.3. The summed E-state index contributed by atoms with van der Waals surface area (Å²) < 4.78 is 0. The molecule has 3 rings (SSSR count). The first-order valence-electron chi connectivity index (χ1n) is 8.01. The summed E-state index contributed by atoms with van der Waals surface area (Å²) >= 11 is 0. The van der Waals surface area contributed by atoms with E-state index in [-0.39, 0.29) is 12.3 Å². The fourth-order valence-corrected chi connectivity index (χ4v) is 2.48. The molecule has 0 spiro atoms. The minimum absolute atomic E-state index is 0.0372. The monoisotopic (exact) mass is 347 g/mol. The van der Waals surface area contributed by atoms with E-state index in [1.165, 1.54) is 6.21 Å². The summed E-state index contributed by atoms with van der Waals surface area (Å²) in [5.41, 5.74) is 3.52. The predicted molar refractivity (Wildman–Crippen MR) is 99.6 cm³/mol. The normalized spacial score (nSPS) is 10.8. The number of fused-ring (bicyclic) bond motifs is 1. The van der Waals surface area contributed by atoms with E-state index in [9.17, 15) is 14.7 Å². The van der Waals surface area contributed by atoms with E-state index in [4.69, 9.17) is 0 Å². The van der Waals surface area contributed by atoms with Gasteiger partial charge in [-0.3, -0.25) is 9.59 Å². The third-order valence-corrected chi connectivity index (χ3v) is 3.81. The Morgan fingerprint density at radius 1 is 0.923 bits per heavy atom. The van der Waals surface area contributed by atoms with Gasteiger partial charge in [0, 0.05) is 12.1 Å². The van der Waals surface area contributed by atoms with E-state index in [1.807, 2.05) is 54.6 Å². The van der Waals surface area contributed by atoms with Gasteiger partial charge in [0.2, 0.25) is 0 Å². The highest BCUT2D eigenvalue weighted by molar-refractivity contribution is 6.35. The van der Waals surface area contributed by atoms with Crippen molar-refractivity contribution >= 4 is 28.8 Å². The fraction of sp³-hybridized carbons (Fsp3) is 0.0500. The maximum atomic E-state index is 11.8. The van der Waals surface area contributed by atoms with E-state index < -0.39 is 11.8 Å². The Kier molecular flexibility index (Phi) is 5.24. The molecule has 0 aliphatic heterocycles. The standard InChI is InChI=1S/C20H17N3O3/c24-18-11-10-15-8-4-5-9-16(15)17(18)13-22-23-20(26)19(25)21-12-14-6-2-1-3-7-14/h1-11,13,24H,12H2,(H,21,25)(H,23,26)/b22-13-. The molecule has 0 saturated heterocycles. The Bertz CT molecular complexity index is 968. The number of nitrogens with one attached hydrogen (secondary N) is 2. The van der Waals surface area contributed by atoms with Gasteiger partial charge in [-0.25, -0.2) is 5.43 Å². The van der Waals surface area contributed by atoms with Gasteiger partial charge in [-0.05, 0) is 22.4 Å². The molecule has 0 aliphatic rings. The van der Waals surface area contributed by atoms with Gasteiger partial charge < -0.3 is 10.4 Å². The van der Waals surface area contributed by atoms with Gasteiger partial charge in [-0.2, -0.15) is 5.10 Å². The lowest BCUT2D eigenvalue weighted by atomic mass is 10.0. The van der Waals surface area contributed by atoms with Gasteiger partial charge in [0.15, 0.2) is 0 Å². The molecule has 130 valence electrons. The van der Waals surface area contributed by atoms with Crippen LogP contribution in [0.3, 0.4) is 0 Å². The van der Waals surface area contributed by atoms with Gasteiger partial charge in [0.1, 0.15) is 5.75 Å². The molecule has 0 radical (unpaired) electrons. The molecular weight excluding hydrogens is 330 g/mol. The zero-order valence-corrected chi connectivity index (χ0v) is 13.8. The summed E-state index contributed by atoms with van der Waals surface area (Å²) in [4.78, 5) is 23.6. The van der Waals surface area contributed by atoms with E-state index >= 15 is 0 Å². The minimum atomic E-state index is -0.878. The van der Waals surface area contributed by atoms with Crippen molar-refractivity contribution in [3.63, 3.8) is 0 Å². The van der Waals surface area contributed by atoms with Crippen LogP contribution in [0.4, 0.5) is 0 Å². The second kappa shape index (κ2) is 7.94. The molecule has 6 nitrogen and oxygen atoms in total. The molecule has 0 bridgehead atoms. The van der Waals surface area contributed by atoms with Gasteiger partial charge >= 0.3 is 11.8 Å². The van der Waals surface area contributed by atoms with Crippen molar-refractivity contribution in [1.82, 2.24) is 10.7 Å². The molecule has 3 N–H and O–H groups in total. The summed E-state index contributed by atoms with van der Waals surface area (Å²) in [5, 5.41) is 18.0. The number of phenolic OH excluding ortho intramolecular Hbond substituents is 1. The molecule has 3 aromatic carbocycles. The van der Waals surface area contributed by atoms with Crippen LogP contribution in [0, 0.1) is 0 Å². The van der Waals surface area contributed by atoms with Crippen LogP contribution >= 0.6 is 0 Å².